The van der Waals surface area contributed by atoms with Crippen LogP contribution in [0.3, 0.4) is 0 Å². The van der Waals surface area contributed by atoms with Gasteiger partial charge in [-0.1, -0.05) is 49.4 Å². The number of carbonyl (C=O) groups excluding carboxylic acids is 2. The summed E-state index contributed by atoms with van der Waals surface area (Å²) in [6.45, 7) is 4.80. The summed E-state index contributed by atoms with van der Waals surface area (Å²) in [6, 6.07) is 18.1. The molecule has 2 amide bonds. The van der Waals surface area contributed by atoms with Crippen LogP contribution in [0.25, 0.3) is 0 Å². The van der Waals surface area contributed by atoms with Gasteiger partial charge in [0, 0.05) is 57.7 Å². The lowest BCUT2D eigenvalue weighted by Crippen LogP contribution is -2.40. The van der Waals surface area contributed by atoms with E-state index in [0.29, 0.717) is 31.9 Å². The van der Waals surface area contributed by atoms with E-state index in [9.17, 15) is 9.59 Å². The molecule has 1 unspecified atom stereocenters. The van der Waals surface area contributed by atoms with Crippen molar-refractivity contribution in [2.45, 2.75) is 39.2 Å². The Labute approximate surface area is 196 Å². The average molecular weight is 450 g/mol. The zero-order valence-electron chi connectivity index (χ0n) is 19.6. The van der Waals surface area contributed by atoms with Crippen LogP contribution in [-0.4, -0.2) is 49.4 Å². The highest BCUT2D eigenvalue weighted by Crippen LogP contribution is 2.17. The number of benzene rings is 2. The lowest BCUT2D eigenvalue weighted by molar-refractivity contribution is -0.127. The number of guanidine groups is 1. The summed E-state index contributed by atoms with van der Waals surface area (Å²) < 4.78 is 0. The van der Waals surface area contributed by atoms with Gasteiger partial charge in [0.05, 0.1) is 0 Å². The molecule has 0 spiro atoms. The molecular weight excluding hydrogens is 414 g/mol. The van der Waals surface area contributed by atoms with Gasteiger partial charge in [0.2, 0.25) is 11.8 Å². The summed E-state index contributed by atoms with van der Waals surface area (Å²) in [6.07, 6.45) is 2.80. The van der Waals surface area contributed by atoms with E-state index in [4.69, 9.17) is 0 Å². The van der Waals surface area contributed by atoms with E-state index in [0.717, 1.165) is 37.2 Å². The SMILES string of the molecule is CCCC(=O)Nc1cccc(CNC(=NC)NCC2CC(=O)N(CCc3ccccc3)C2)c1. The molecule has 1 aliphatic rings. The van der Waals surface area contributed by atoms with Gasteiger partial charge in [-0.2, -0.15) is 0 Å². The summed E-state index contributed by atoms with van der Waals surface area (Å²) in [4.78, 5) is 30.5. The van der Waals surface area contributed by atoms with Crippen LogP contribution >= 0.6 is 0 Å². The van der Waals surface area contributed by atoms with Gasteiger partial charge in [0.1, 0.15) is 0 Å². The van der Waals surface area contributed by atoms with E-state index >= 15 is 0 Å². The molecule has 1 fully saturated rings. The van der Waals surface area contributed by atoms with Gasteiger partial charge in [-0.3, -0.25) is 14.6 Å². The number of aliphatic imine (C=N–C) groups is 1. The Morgan fingerprint density at radius 2 is 1.88 bits per heavy atom. The first kappa shape index (κ1) is 24.3. The van der Waals surface area contributed by atoms with Crippen molar-refractivity contribution in [3.05, 3.63) is 65.7 Å². The van der Waals surface area contributed by atoms with Crippen LogP contribution in [0.1, 0.15) is 37.3 Å². The first-order chi connectivity index (χ1) is 16.1. The molecule has 0 radical (unpaired) electrons. The minimum atomic E-state index is 0.0315. The van der Waals surface area contributed by atoms with E-state index in [1.807, 2.05) is 54.3 Å². The van der Waals surface area contributed by atoms with E-state index in [2.05, 4.69) is 33.1 Å². The molecule has 0 aromatic heterocycles. The summed E-state index contributed by atoms with van der Waals surface area (Å²) in [5.41, 5.74) is 3.11. The van der Waals surface area contributed by atoms with Crippen molar-refractivity contribution in [3.8, 4) is 0 Å². The van der Waals surface area contributed by atoms with Gasteiger partial charge in [0.15, 0.2) is 5.96 Å². The molecule has 0 saturated carbocycles. The molecule has 1 saturated heterocycles. The zero-order chi connectivity index (χ0) is 23.5. The van der Waals surface area contributed by atoms with E-state index in [-0.39, 0.29) is 17.7 Å². The van der Waals surface area contributed by atoms with Gasteiger partial charge in [-0.15, -0.1) is 0 Å². The largest absolute Gasteiger partial charge is 0.356 e. The Balaban J connectivity index is 1.41. The third-order valence-electron chi connectivity index (χ3n) is 5.74. The minimum Gasteiger partial charge on any atom is -0.356 e. The Bertz CT molecular complexity index is 945. The molecule has 3 rings (SSSR count). The lowest BCUT2D eigenvalue weighted by Gasteiger charge is -2.18. The highest BCUT2D eigenvalue weighted by Gasteiger charge is 2.29. The molecule has 33 heavy (non-hydrogen) atoms. The van der Waals surface area contributed by atoms with Crippen LogP contribution in [-0.2, 0) is 22.6 Å². The number of hydrogen-bond donors (Lipinski definition) is 3. The van der Waals surface area contributed by atoms with Crippen LogP contribution in [0.4, 0.5) is 5.69 Å². The fourth-order valence-electron chi connectivity index (χ4n) is 3.97. The van der Waals surface area contributed by atoms with Crippen molar-refractivity contribution < 1.29 is 9.59 Å². The topological polar surface area (TPSA) is 85.8 Å². The van der Waals surface area contributed by atoms with Crippen molar-refractivity contribution in [2.75, 3.05) is 32.0 Å². The number of anilines is 1. The monoisotopic (exact) mass is 449 g/mol. The van der Waals surface area contributed by atoms with E-state index < -0.39 is 0 Å². The minimum absolute atomic E-state index is 0.0315. The molecule has 176 valence electrons. The second-order valence-corrected chi connectivity index (χ2v) is 8.45. The molecule has 1 heterocycles. The van der Waals surface area contributed by atoms with E-state index in [1.54, 1.807) is 7.05 Å². The third-order valence-corrected chi connectivity index (χ3v) is 5.74. The number of amides is 2. The van der Waals surface area contributed by atoms with Crippen LogP contribution < -0.4 is 16.0 Å². The maximum atomic E-state index is 12.4. The molecule has 0 aliphatic carbocycles. The van der Waals surface area contributed by atoms with Crippen molar-refractivity contribution in [3.63, 3.8) is 0 Å². The second-order valence-electron chi connectivity index (χ2n) is 8.45. The molecule has 3 N–H and O–H groups in total. The van der Waals surface area contributed by atoms with Gasteiger partial charge in [-0.25, -0.2) is 0 Å². The average Bonchev–Trinajstić information content (AvgIpc) is 3.18. The fourth-order valence-corrected chi connectivity index (χ4v) is 3.97. The molecule has 2 aromatic rings. The highest BCUT2D eigenvalue weighted by molar-refractivity contribution is 5.90. The van der Waals surface area contributed by atoms with E-state index in [1.165, 1.54) is 5.56 Å². The number of hydrogen-bond acceptors (Lipinski definition) is 3. The number of carbonyl (C=O) groups is 2. The van der Waals surface area contributed by atoms with Crippen LogP contribution in [0, 0.1) is 5.92 Å². The Morgan fingerprint density at radius 1 is 1.09 bits per heavy atom. The smallest absolute Gasteiger partial charge is 0.224 e. The Hall–Kier alpha value is -3.35. The van der Waals surface area contributed by atoms with Gasteiger partial charge < -0.3 is 20.9 Å². The van der Waals surface area contributed by atoms with Crippen molar-refractivity contribution in [1.82, 2.24) is 15.5 Å². The predicted octanol–water partition coefficient (Wildman–Crippen LogP) is 3.18. The molecule has 1 atom stereocenters. The predicted molar refractivity (Wildman–Crippen MR) is 133 cm³/mol. The molecule has 7 heteroatoms. The molecule has 0 bridgehead atoms. The van der Waals surface area contributed by atoms with Crippen molar-refractivity contribution in [2.24, 2.45) is 10.9 Å². The van der Waals surface area contributed by atoms with Crippen molar-refractivity contribution >= 4 is 23.5 Å². The Morgan fingerprint density at radius 3 is 2.64 bits per heavy atom. The summed E-state index contributed by atoms with van der Waals surface area (Å²) >= 11 is 0. The fraction of sp³-hybridized carbons (Fsp3) is 0.423. The molecular formula is C26H35N5O2. The van der Waals surface area contributed by atoms with Gasteiger partial charge in [0.25, 0.3) is 0 Å². The summed E-state index contributed by atoms with van der Waals surface area (Å²) in [7, 11) is 1.74. The zero-order valence-corrected chi connectivity index (χ0v) is 19.6. The molecule has 7 nitrogen and oxygen atoms in total. The second kappa shape index (κ2) is 12.6. The van der Waals surface area contributed by atoms with Crippen LogP contribution in [0.15, 0.2) is 59.6 Å². The third kappa shape index (κ3) is 7.93. The van der Waals surface area contributed by atoms with Crippen LogP contribution in [0.2, 0.25) is 0 Å². The Kier molecular flexibility index (Phi) is 9.30. The quantitative estimate of drug-likeness (QED) is 0.384. The number of likely N-dealkylation sites (tertiary alicyclic amines) is 1. The number of nitrogens with one attached hydrogen (secondary N) is 3. The standard InChI is InChI=1S/C26H35N5O2/c1-3-8-24(32)30-23-12-7-11-21(15-23)17-28-26(27-2)29-18-22-16-25(33)31(19-22)14-13-20-9-5-4-6-10-20/h4-7,9-12,15,22H,3,8,13-14,16-19H2,1-2H3,(H,30,32)(H2,27,28,29). The van der Waals surface area contributed by atoms with Gasteiger partial charge in [-0.05, 0) is 36.1 Å². The number of rotatable bonds is 10. The summed E-state index contributed by atoms with van der Waals surface area (Å²) in [5.74, 6) is 1.22. The maximum absolute atomic E-state index is 12.4. The highest BCUT2D eigenvalue weighted by atomic mass is 16.2. The van der Waals surface area contributed by atoms with Gasteiger partial charge >= 0.3 is 0 Å². The first-order valence-electron chi connectivity index (χ1n) is 11.7. The molecule has 2 aromatic carbocycles. The number of nitrogens with zero attached hydrogens (tertiary/aromatic N) is 2. The first-order valence-corrected chi connectivity index (χ1v) is 11.7. The maximum Gasteiger partial charge on any atom is 0.224 e. The summed E-state index contributed by atoms with van der Waals surface area (Å²) in [5, 5.41) is 9.59. The normalized spacial score (nSPS) is 16.1. The lowest BCUT2D eigenvalue weighted by atomic mass is 10.1. The molecule has 1 aliphatic heterocycles. The van der Waals surface area contributed by atoms with Crippen LogP contribution in [0.5, 0.6) is 0 Å². The van der Waals surface area contributed by atoms with Crippen molar-refractivity contribution in [1.29, 1.82) is 0 Å².